The standard InChI is InChI=1S/C10H15F3N4/c11-10(12,13)8-4-9(14)17(16-8)6-7-2-1-3-15-5-7/h4,7,15H,1-3,5-6,14H2/t7-/m1/s1. The first kappa shape index (κ1) is 12.2. The zero-order chi connectivity index (χ0) is 12.5. The van der Waals surface area contributed by atoms with Crippen molar-refractivity contribution in [2.75, 3.05) is 18.8 Å². The van der Waals surface area contributed by atoms with Crippen LogP contribution >= 0.6 is 0 Å². The van der Waals surface area contributed by atoms with Crippen molar-refractivity contribution in [1.29, 1.82) is 0 Å². The van der Waals surface area contributed by atoms with Crippen LogP contribution in [0.3, 0.4) is 0 Å². The second kappa shape index (κ2) is 4.56. The minimum atomic E-state index is -4.43. The fourth-order valence-corrected chi connectivity index (χ4v) is 2.04. The lowest BCUT2D eigenvalue weighted by atomic mass is 10.00. The van der Waals surface area contributed by atoms with Crippen molar-refractivity contribution in [3.63, 3.8) is 0 Å². The Labute approximate surface area is 97.0 Å². The molecular formula is C10H15F3N4. The van der Waals surface area contributed by atoms with E-state index in [0.717, 1.165) is 32.0 Å². The van der Waals surface area contributed by atoms with Gasteiger partial charge in [0.2, 0.25) is 0 Å². The minimum Gasteiger partial charge on any atom is -0.384 e. The van der Waals surface area contributed by atoms with Gasteiger partial charge >= 0.3 is 6.18 Å². The molecule has 2 rings (SSSR count). The van der Waals surface area contributed by atoms with Gasteiger partial charge in [-0.05, 0) is 31.8 Å². The molecule has 3 N–H and O–H groups in total. The van der Waals surface area contributed by atoms with Crippen molar-refractivity contribution in [2.45, 2.75) is 25.6 Å². The third-order valence-corrected chi connectivity index (χ3v) is 2.93. The van der Waals surface area contributed by atoms with Crippen molar-refractivity contribution in [3.05, 3.63) is 11.8 Å². The molecule has 0 radical (unpaired) electrons. The number of nitrogens with two attached hydrogens (primary N) is 1. The molecule has 96 valence electrons. The Morgan fingerprint density at radius 3 is 2.82 bits per heavy atom. The second-order valence-electron chi connectivity index (χ2n) is 4.35. The van der Waals surface area contributed by atoms with E-state index in [0.29, 0.717) is 12.5 Å². The number of nitrogens with one attached hydrogen (secondary N) is 1. The third-order valence-electron chi connectivity index (χ3n) is 2.93. The first-order chi connectivity index (χ1) is 7.97. The predicted molar refractivity (Wildman–Crippen MR) is 57.2 cm³/mol. The van der Waals surface area contributed by atoms with Gasteiger partial charge in [-0.2, -0.15) is 18.3 Å². The molecular weight excluding hydrogens is 233 g/mol. The van der Waals surface area contributed by atoms with Gasteiger partial charge in [0.05, 0.1) is 0 Å². The molecule has 1 aromatic rings. The number of alkyl halides is 3. The Hall–Kier alpha value is -1.24. The van der Waals surface area contributed by atoms with E-state index in [-0.39, 0.29) is 5.82 Å². The van der Waals surface area contributed by atoms with Crippen LogP contribution in [-0.4, -0.2) is 22.9 Å². The van der Waals surface area contributed by atoms with Crippen molar-refractivity contribution in [2.24, 2.45) is 5.92 Å². The van der Waals surface area contributed by atoms with E-state index >= 15 is 0 Å². The van der Waals surface area contributed by atoms with Crippen LogP contribution in [0.25, 0.3) is 0 Å². The Morgan fingerprint density at radius 2 is 2.29 bits per heavy atom. The molecule has 1 atom stereocenters. The summed E-state index contributed by atoms with van der Waals surface area (Å²) in [6, 6.07) is 0.885. The summed E-state index contributed by atoms with van der Waals surface area (Å²) in [4.78, 5) is 0. The van der Waals surface area contributed by atoms with Crippen LogP contribution < -0.4 is 11.1 Å². The summed E-state index contributed by atoms with van der Waals surface area (Å²) >= 11 is 0. The summed E-state index contributed by atoms with van der Waals surface area (Å²) in [6.45, 7) is 2.22. The summed E-state index contributed by atoms with van der Waals surface area (Å²) < 4.78 is 38.5. The molecule has 0 saturated carbocycles. The van der Waals surface area contributed by atoms with Crippen LogP contribution in [0.15, 0.2) is 6.07 Å². The van der Waals surface area contributed by atoms with Gasteiger partial charge in [-0.1, -0.05) is 0 Å². The van der Waals surface area contributed by atoms with Crippen LogP contribution in [0.4, 0.5) is 19.0 Å². The van der Waals surface area contributed by atoms with E-state index in [4.69, 9.17) is 5.73 Å². The number of aromatic nitrogens is 2. The van der Waals surface area contributed by atoms with Crippen molar-refractivity contribution >= 4 is 5.82 Å². The van der Waals surface area contributed by atoms with Crippen LogP contribution in [0.1, 0.15) is 18.5 Å². The molecule has 1 aromatic heterocycles. The maximum Gasteiger partial charge on any atom is 0.435 e. The van der Waals surface area contributed by atoms with Gasteiger partial charge in [-0.25, -0.2) is 4.68 Å². The molecule has 1 fully saturated rings. The van der Waals surface area contributed by atoms with Crippen LogP contribution in [0, 0.1) is 5.92 Å². The van der Waals surface area contributed by atoms with E-state index in [1.165, 1.54) is 4.68 Å². The highest BCUT2D eigenvalue weighted by Gasteiger charge is 2.34. The number of halogens is 3. The van der Waals surface area contributed by atoms with Gasteiger partial charge in [0, 0.05) is 12.6 Å². The summed E-state index contributed by atoms with van der Waals surface area (Å²) in [6.07, 6.45) is -2.39. The first-order valence-electron chi connectivity index (χ1n) is 5.58. The van der Waals surface area contributed by atoms with Gasteiger partial charge in [-0.3, -0.25) is 0 Å². The Kier molecular flexibility index (Phi) is 3.28. The Morgan fingerprint density at radius 1 is 1.53 bits per heavy atom. The average Bonchev–Trinajstić information content (AvgIpc) is 2.62. The fraction of sp³-hybridized carbons (Fsp3) is 0.700. The quantitative estimate of drug-likeness (QED) is 0.833. The highest BCUT2D eigenvalue weighted by atomic mass is 19.4. The lowest BCUT2D eigenvalue weighted by Gasteiger charge is -2.22. The van der Waals surface area contributed by atoms with Crippen LogP contribution in [0.5, 0.6) is 0 Å². The number of hydrogen-bond donors (Lipinski definition) is 2. The van der Waals surface area contributed by atoms with Crippen molar-refractivity contribution in [1.82, 2.24) is 15.1 Å². The number of nitrogens with zero attached hydrogens (tertiary/aromatic N) is 2. The average molecular weight is 248 g/mol. The van der Waals surface area contributed by atoms with E-state index < -0.39 is 11.9 Å². The molecule has 1 saturated heterocycles. The molecule has 0 amide bonds. The zero-order valence-electron chi connectivity index (χ0n) is 9.30. The normalized spacial score (nSPS) is 21.7. The van der Waals surface area contributed by atoms with Gasteiger partial charge in [0.1, 0.15) is 5.82 Å². The Bertz CT molecular complexity index is 379. The molecule has 1 aliphatic heterocycles. The number of nitrogen functional groups attached to an aromatic ring is 1. The number of hydrogen-bond acceptors (Lipinski definition) is 3. The molecule has 0 bridgehead atoms. The highest BCUT2D eigenvalue weighted by Crippen LogP contribution is 2.29. The fourth-order valence-electron chi connectivity index (χ4n) is 2.04. The van der Waals surface area contributed by atoms with Gasteiger partial charge in [0.15, 0.2) is 5.69 Å². The summed E-state index contributed by atoms with van der Waals surface area (Å²) in [5.41, 5.74) is 4.62. The van der Waals surface area contributed by atoms with Crippen LogP contribution in [0.2, 0.25) is 0 Å². The van der Waals surface area contributed by atoms with Crippen molar-refractivity contribution in [3.8, 4) is 0 Å². The molecule has 7 heteroatoms. The molecule has 0 unspecified atom stereocenters. The molecule has 17 heavy (non-hydrogen) atoms. The summed E-state index contributed by atoms with van der Waals surface area (Å²) in [5.74, 6) is 0.370. The number of piperidine rings is 1. The zero-order valence-corrected chi connectivity index (χ0v) is 9.30. The smallest absolute Gasteiger partial charge is 0.384 e. The maximum atomic E-state index is 12.4. The summed E-state index contributed by atoms with van der Waals surface area (Å²) in [5, 5.41) is 6.72. The van der Waals surface area contributed by atoms with E-state index in [9.17, 15) is 13.2 Å². The van der Waals surface area contributed by atoms with E-state index in [2.05, 4.69) is 10.4 Å². The van der Waals surface area contributed by atoms with Crippen molar-refractivity contribution < 1.29 is 13.2 Å². The Balaban J connectivity index is 2.07. The lowest BCUT2D eigenvalue weighted by Crippen LogP contribution is -2.32. The first-order valence-corrected chi connectivity index (χ1v) is 5.58. The molecule has 0 spiro atoms. The minimum absolute atomic E-state index is 0.0721. The second-order valence-corrected chi connectivity index (χ2v) is 4.35. The largest absolute Gasteiger partial charge is 0.435 e. The SMILES string of the molecule is Nc1cc(C(F)(F)F)nn1C[C@@H]1CCCNC1. The molecule has 0 aliphatic carbocycles. The predicted octanol–water partition coefficient (Wildman–Crippen LogP) is 1.48. The molecule has 2 heterocycles. The van der Waals surface area contributed by atoms with Gasteiger partial charge in [-0.15, -0.1) is 0 Å². The monoisotopic (exact) mass is 248 g/mol. The molecule has 4 nitrogen and oxygen atoms in total. The maximum absolute atomic E-state index is 12.4. The summed E-state index contributed by atoms with van der Waals surface area (Å²) in [7, 11) is 0. The van der Waals surface area contributed by atoms with E-state index in [1.807, 2.05) is 0 Å². The highest BCUT2D eigenvalue weighted by molar-refractivity contribution is 5.32. The van der Waals surface area contributed by atoms with Gasteiger partial charge in [0.25, 0.3) is 0 Å². The lowest BCUT2D eigenvalue weighted by molar-refractivity contribution is -0.141. The van der Waals surface area contributed by atoms with Gasteiger partial charge < -0.3 is 11.1 Å². The molecule has 0 aromatic carbocycles. The topological polar surface area (TPSA) is 55.9 Å². The van der Waals surface area contributed by atoms with E-state index in [1.54, 1.807) is 0 Å². The third kappa shape index (κ3) is 2.91. The number of rotatable bonds is 2. The van der Waals surface area contributed by atoms with Crippen LogP contribution in [-0.2, 0) is 12.7 Å². The number of anilines is 1. The molecule has 1 aliphatic rings.